The predicted molar refractivity (Wildman–Crippen MR) is 202 cm³/mol. The van der Waals surface area contributed by atoms with Crippen molar-refractivity contribution in [2.24, 2.45) is 0 Å². The highest BCUT2D eigenvalue weighted by Crippen LogP contribution is 2.06. The van der Waals surface area contributed by atoms with Gasteiger partial charge < -0.3 is 19.9 Å². The highest BCUT2D eigenvalue weighted by Gasteiger charge is 1.89. The topological polar surface area (TPSA) is 115 Å². The molecule has 2 aromatic carbocycles. The van der Waals surface area contributed by atoms with Crippen molar-refractivity contribution in [1.29, 1.82) is 0 Å². The molecule has 0 atom stereocenters. The van der Waals surface area contributed by atoms with Gasteiger partial charge in [-0.3, -0.25) is 0 Å². The molecule has 6 rings (SSSR count). The lowest BCUT2D eigenvalue weighted by Gasteiger charge is -1.81. The number of fused-ring (bicyclic) bond motifs is 2. The summed E-state index contributed by atoms with van der Waals surface area (Å²) in [4.78, 5) is 27.0. The van der Waals surface area contributed by atoms with Crippen LogP contribution in [0.25, 0.3) is 22.1 Å². The van der Waals surface area contributed by atoms with Gasteiger partial charge in [-0.05, 0) is 24.3 Å². The highest BCUT2D eigenvalue weighted by molar-refractivity contribution is 5.74. The van der Waals surface area contributed by atoms with Crippen LogP contribution in [0.3, 0.4) is 0 Å². The second kappa shape index (κ2) is 54.8. The van der Waals surface area contributed by atoms with E-state index in [1.807, 2.05) is 145 Å². The molecule has 0 unspecified atom stereocenters. The number of benzene rings is 2. The Morgan fingerprint density at radius 3 is 0.909 bits per heavy atom. The standard InChI is InChI=1S/2C7H6N2.2C3H4N2.7C2H6.2CH4/c2*1-2-4-7-6(3-1)8-5-9-7;2*1-2-5-3-4-1;7*1-2;;/h2*1-5H,(H,8,9);2*1-3H,(H,4,5);7*1-2H3;2*1H4. The lowest BCUT2D eigenvalue weighted by Crippen LogP contribution is -1.63. The van der Waals surface area contributed by atoms with Gasteiger partial charge in [0.05, 0.1) is 47.4 Å². The molecule has 0 amide bonds. The number of rotatable bonds is 0. The van der Waals surface area contributed by atoms with E-state index in [1.54, 1.807) is 50.1 Å². The summed E-state index contributed by atoms with van der Waals surface area (Å²) >= 11 is 0. The van der Waals surface area contributed by atoms with E-state index >= 15 is 0 Å². The Labute approximate surface area is 272 Å². The molecule has 0 spiro atoms. The molecule has 44 heavy (non-hydrogen) atoms. The van der Waals surface area contributed by atoms with Gasteiger partial charge in [-0.1, -0.05) is 136 Å². The fourth-order valence-electron chi connectivity index (χ4n) is 2.19. The molecule has 0 fully saturated rings. The fourth-order valence-corrected chi connectivity index (χ4v) is 2.19. The maximum atomic E-state index is 4.06. The number of hydrogen-bond acceptors (Lipinski definition) is 4. The first-order valence-corrected chi connectivity index (χ1v) is 15.5. The van der Waals surface area contributed by atoms with Crippen molar-refractivity contribution in [3.05, 3.63) is 98.6 Å². The van der Waals surface area contributed by atoms with Gasteiger partial charge in [-0.25, -0.2) is 19.9 Å². The molecular weight excluding hydrogens is 544 g/mol. The van der Waals surface area contributed by atoms with Crippen LogP contribution in [-0.2, 0) is 0 Å². The van der Waals surface area contributed by atoms with E-state index < -0.39 is 0 Å². The molecule has 6 aromatic rings. The van der Waals surface area contributed by atoms with Crippen LogP contribution in [0.5, 0.6) is 0 Å². The third-order valence-electron chi connectivity index (χ3n) is 3.47. The molecule has 0 saturated heterocycles. The zero-order chi connectivity index (χ0) is 33.3. The average Bonchev–Trinajstić information content (AvgIpc) is 3.97. The SMILES string of the molecule is C.C.CC.CC.CC.CC.CC.CC.CC.c1c[nH]cn1.c1c[nH]cn1.c1ccc2[nH]cnc2c1.c1ccc2[nH]cnc2c1. The van der Waals surface area contributed by atoms with Crippen LogP contribution in [0.4, 0.5) is 0 Å². The molecule has 254 valence electrons. The first-order chi connectivity index (χ1) is 20.9. The maximum absolute atomic E-state index is 4.06. The lowest BCUT2D eigenvalue weighted by atomic mass is 10.3. The Morgan fingerprint density at radius 2 is 0.705 bits per heavy atom. The van der Waals surface area contributed by atoms with Crippen molar-refractivity contribution >= 4 is 22.1 Å². The van der Waals surface area contributed by atoms with E-state index in [-0.39, 0.29) is 14.9 Å². The van der Waals surface area contributed by atoms with E-state index in [4.69, 9.17) is 0 Å². The van der Waals surface area contributed by atoms with Crippen LogP contribution in [0, 0.1) is 0 Å². The van der Waals surface area contributed by atoms with Gasteiger partial charge in [0.1, 0.15) is 0 Å². The second-order valence-corrected chi connectivity index (χ2v) is 5.36. The number of aromatic amines is 4. The average molecular weight is 615 g/mol. The summed E-state index contributed by atoms with van der Waals surface area (Å²) in [5, 5.41) is 0. The van der Waals surface area contributed by atoms with E-state index in [9.17, 15) is 0 Å². The van der Waals surface area contributed by atoms with Crippen molar-refractivity contribution in [2.75, 3.05) is 0 Å². The summed E-state index contributed by atoms with van der Waals surface area (Å²) in [6, 6.07) is 15.9. The Balaban J connectivity index is -0.0000000736. The van der Waals surface area contributed by atoms with Crippen molar-refractivity contribution < 1.29 is 0 Å². The van der Waals surface area contributed by atoms with E-state index in [0.717, 1.165) is 22.1 Å². The normalized spacial score (nSPS) is 6.95. The molecule has 8 nitrogen and oxygen atoms in total. The molecule has 0 aliphatic rings. The summed E-state index contributed by atoms with van der Waals surface area (Å²) < 4.78 is 0. The molecule has 8 heteroatoms. The monoisotopic (exact) mass is 615 g/mol. The van der Waals surface area contributed by atoms with Crippen LogP contribution in [0.1, 0.15) is 112 Å². The zero-order valence-corrected chi connectivity index (χ0v) is 29.0. The quantitative estimate of drug-likeness (QED) is 0.136. The number of H-pyrrole nitrogens is 4. The molecule has 4 N–H and O–H groups in total. The molecule has 4 aromatic heterocycles. The summed E-state index contributed by atoms with van der Waals surface area (Å²) in [7, 11) is 0. The maximum Gasteiger partial charge on any atom is 0.0931 e. The van der Waals surface area contributed by atoms with Crippen LogP contribution >= 0.6 is 0 Å². The second-order valence-electron chi connectivity index (χ2n) is 5.36. The minimum absolute atomic E-state index is 0. The Kier molecular flexibility index (Phi) is 69.4. The largest absolute Gasteiger partial charge is 0.351 e. The van der Waals surface area contributed by atoms with Crippen molar-refractivity contribution in [1.82, 2.24) is 39.9 Å². The molecule has 0 bridgehead atoms. The lowest BCUT2D eigenvalue weighted by molar-refractivity contribution is 1.31. The minimum Gasteiger partial charge on any atom is -0.351 e. The van der Waals surface area contributed by atoms with Gasteiger partial charge in [0.2, 0.25) is 0 Å². The molecule has 0 aliphatic heterocycles. The van der Waals surface area contributed by atoms with Crippen LogP contribution in [0.2, 0.25) is 0 Å². The van der Waals surface area contributed by atoms with Gasteiger partial charge >= 0.3 is 0 Å². The van der Waals surface area contributed by atoms with Gasteiger partial charge in [-0.15, -0.1) is 0 Å². The minimum atomic E-state index is 0. The summed E-state index contributed by atoms with van der Waals surface area (Å²) in [6.07, 6.45) is 13.6. The van der Waals surface area contributed by atoms with E-state index in [1.165, 1.54) is 0 Å². The summed E-state index contributed by atoms with van der Waals surface area (Å²) in [5.74, 6) is 0. The number of imidazole rings is 4. The van der Waals surface area contributed by atoms with Gasteiger partial charge in [0, 0.05) is 24.8 Å². The molecular formula is C36H70N8. The predicted octanol–water partition coefficient (Wildman–Crippen LogP) is 12.4. The number of para-hydroxylation sites is 4. The fraction of sp³-hybridized carbons (Fsp3) is 0.444. The molecule has 0 radical (unpaired) electrons. The van der Waals surface area contributed by atoms with E-state index in [0.29, 0.717) is 0 Å². The summed E-state index contributed by atoms with van der Waals surface area (Å²) in [5.41, 5.74) is 4.24. The van der Waals surface area contributed by atoms with Gasteiger partial charge in [-0.2, -0.15) is 0 Å². The highest BCUT2D eigenvalue weighted by atomic mass is 14.9. The molecule has 0 aliphatic carbocycles. The smallest absolute Gasteiger partial charge is 0.0931 e. The Bertz CT molecular complexity index is 942. The van der Waals surface area contributed by atoms with Crippen LogP contribution < -0.4 is 0 Å². The third kappa shape index (κ3) is 32.3. The van der Waals surface area contributed by atoms with Gasteiger partial charge in [0.15, 0.2) is 0 Å². The molecule has 4 heterocycles. The van der Waals surface area contributed by atoms with E-state index in [2.05, 4.69) is 39.9 Å². The number of nitrogens with zero attached hydrogens (tertiary/aromatic N) is 4. The number of hydrogen-bond donors (Lipinski definition) is 4. The number of nitrogens with one attached hydrogen (secondary N) is 4. The first-order valence-electron chi connectivity index (χ1n) is 15.5. The third-order valence-corrected chi connectivity index (χ3v) is 3.47. The number of aromatic nitrogens is 8. The van der Waals surface area contributed by atoms with Crippen molar-refractivity contribution in [3.8, 4) is 0 Å². The Morgan fingerprint density at radius 1 is 0.409 bits per heavy atom. The van der Waals surface area contributed by atoms with Crippen LogP contribution in [0.15, 0.2) is 98.6 Å². The summed E-state index contributed by atoms with van der Waals surface area (Å²) in [6.45, 7) is 28.0. The van der Waals surface area contributed by atoms with Crippen LogP contribution in [-0.4, -0.2) is 39.9 Å². The van der Waals surface area contributed by atoms with Crippen molar-refractivity contribution in [2.45, 2.75) is 112 Å². The Hall–Kier alpha value is -4.20. The van der Waals surface area contributed by atoms with Gasteiger partial charge in [0.25, 0.3) is 0 Å². The molecule has 0 saturated carbocycles. The first kappa shape index (κ1) is 55.7. The zero-order valence-electron chi connectivity index (χ0n) is 29.0. The van der Waals surface area contributed by atoms with Crippen molar-refractivity contribution in [3.63, 3.8) is 0 Å².